The fourth-order valence-corrected chi connectivity index (χ4v) is 9.21. The quantitative estimate of drug-likeness (QED) is 0.196. The normalized spacial score (nSPS) is 21.4. The van der Waals surface area contributed by atoms with E-state index in [1.54, 1.807) is 30.4 Å². The Bertz CT molecular complexity index is 1740. The topological polar surface area (TPSA) is 68.3 Å². The summed E-state index contributed by atoms with van der Waals surface area (Å²) in [5.41, 5.74) is 10.1. The Morgan fingerprint density at radius 2 is 1.58 bits per heavy atom. The molecule has 52 heavy (non-hydrogen) atoms. The number of hydrogen-bond acceptors (Lipinski definition) is 6. The van der Waals surface area contributed by atoms with Gasteiger partial charge in [0.05, 0.1) is 7.11 Å². The molecule has 0 unspecified atom stereocenters. The molecule has 2 aliphatic carbocycles. The number of fused-ring (bicyclic) bond motifs is 3. The van der Waals surface area contributed by atoms with E-state index >= 15 is 0 Å². The zero-order chi connectivity index (χ0) is 36.7. The van der Waals surface area contributed by atoms with Gasteiger partial charge in [-0.1, -0.05) is 55.3 Å². The molecule has 0 spiro atoms. The SMILES string of the molecule is CC(=O)Nc1ccc(O)cc1.CN(C)CCCN1c2ccccc2CCc2ccccc21.COc1ccc2c(c1)[C@]13CCCC[C@@H]1[C@H](C2)N(C)CC3. The second-order valence-corrected chi connectivity index (χ2v) is 15.3. The lowest BCUT2D eigenvalue weighted by Gasteiger charge is -2.58. The van der Waals surface area contributed by atoms with Crippen LogP contribution in [0, 0.1) is 5.92 Å². The van der Waals surface area contributed by atoms with Gasteiger partial charge in [-0.2, -0.15) is 0 Å². The van der Waals surface area contributed by atoms with Crippen molar-refractivity contribution >= 4 is 23.0 Å². The molecule has 3 atom stereocenters. The standard InChI is InChI=1S/C19H24N2.C18H25NO.C8H9NO2/c1-20(2)14-7-15-21-18-10-5-3-8-16(18)12-13-17-9-4-6-11-19(17)21;1-19-10-9-18-8-4-3-5-15(18)17(19)11-13-6-7-14(20-2)12-16(13)18;1-6(10)9-7-2-4-8(11)5-3-7/h3-6,8-11H,7,12-15H2,1-2H3;6-7,12,15,17H,3-5,8-11H2,1-2H3;2-5,11H,1H3,(H,9,10)/t;15-,17+,18+;/m.1./s1. The number of carbonyl (C=O) groups excluding carboxylic acids is 1. The van der Waals surface area contributed by atoms with Crippen molar-refractivity contribution in [2.75, 3.05) is 58.1 Å². The van der Waals surface area contributed by atoms with Gasteiger partial charge in [0.1, 0.15) is 11.5 Å². The van der Waals surface area contributed by atoms with Crippen LogP contribution in [0.25, 0.3) is 0 Å². The lowest BCUT2D eigenvalue weighted by molar-refractivity contribution is -0.114. The maximum atomic E-state index is 10.5. The van der Waals surface area contributed by atoms with Crippen LogP contribution in [0.4, 0.5) is 17.1 Å². The number of phenols is 1. The monoisotopic (exact) mass is 702 g/mol. The highest BCUT2D eigenvalue weighted by molar-refractivity contribution is 5.88. The van der Waals surface area contributed by atoms with Crippen molar-refractivity contribution in [3.63, 3.8) is 0 Å². The van der Waals surface area contributed by atoms with E-state index in [2.05, 4.69) is 108 Å². The summed E-state index contributed by atoms with van der Waals surface area (Å²) >= 11 is 0. The van der Waals surface area contributed by atoms with Crippen LogP contribution >= 0.6 is 0 Å². The maximum absolute atomic E-state index is 10.5. The van der Waals surface area contributed by atoms with Crippen molar-refractivity contribution in [1.82, 2.24) is 9.80 Å². The molecule has 2 bridgehead atoms. The highest BCUT2D eigenvalue weighted by atomic mass is 16.5. The summed E-state index contributed by atoms with van der Waals surface area (Å²) in [6.45, 7) is 4.90. The van der Waals surface area contributed by atoms with Gasteiger partial charge in [-0.25, -0.2) is 0 Å². The van der Waals surface area contributed by atoms with Gasteiger partial charge in [0, 0.05) is 42.0 Å². The highest BCUT2D eigenvalue weighted by Gasteiger charge is 2.53. The molecule has 0 radical (unpaired) electrons. The van der Waals surface area contributed by atoms with E-state index in [0.29, 0.717) is 11.1 Å². The number of nitrogens with zero attached hydrogens (tertiary/aromatic N) is 3. The molecule has 4 aromatic rings. The van der Waals surface area contributed by atoms with E-state index < -0.39 is 0 Å². The Morgan fingerprint density at radius 1 is 0.904 bits per heavy atom. The average Bonchev–Trinajstić information content (AvgIpc) is 3.31. The Hall–Kier alpha value is -4.33. The third-order valence-corrected chi connectivity index (χ3v) is 11.7. The summed E-state index contributed by atoms with van der Waals surface area (Å²) in [6, 6.07) is 31.6. The average molecular weight is 703 g/mol. The van der Waals surface area contributed by atoms with Crippen LogP contribution in [0.15, 0.2) is 91.0 Å². The van der Waals surface area contributed by atoms with Crippen LogP contribution in [0.2, 0.25) is 0 Å². The fourth-order valence-electron chi connectivity index (χ4n) is 9.21. The number of nitrogens with one attached hydrogen (secondary N) is 1. The zero-order valence-electron chi connectivity index (χ0n) is 31.9. The molecule has 7 nitrogen and oxygen atoms in total. The number of carbonyl (C=O) groups is 1. The van der Waals surface area contributed by atoms with E-state index in [0.717, 1.165) is 43.6 Å². The van der Waals surface area contributed by atoms with Crippen molar-refractivity contribution < 1.29 is 14.6 Å². The summed E-state index contributed by atoms with van der Waals surface area (Å²) in [5.74, 6) is 1.99. The lowest BCUT2D eigenvalue weighted by atomic mass is 9.52. The molecule has 0 aromatic heterocycles. The van der Waals surface area contributed by atoms with Crippen molar-refractivity contribution in [3.8, 4) is 11.5 Å². The van der Waals surface area contributed by atoms with E-state index in [-0.39, 0.29) is 11.7 Å². The fraction of sp³-hybridized carbons (Fsp3) is 0.444. The van der Waals surface area contributed by atoms with Gasteiger partial charge in [-0.3, -0.25) is 4.79 Å². The number of hydrogen-bond donors (Lipinski definition) is 2. The smallest absolute Gasteiger partial charge is 0.221 e. The molecule has 276 valence electrons. The number of phenolic OH excluding ortho intramolecular Hbond substituents is 1. The first-order chi connectivity index (χ1) is 25.2. The minimum Gasteiger partial charge on any atom is -0.508 e. The van der Waals surface area contributed by atoms with Gasteiger partial charge < -0.3 is 29.9 Å². The minimum atomic E-state index is -0.115. The number of benzene rings is 4. The molecule has 2 fully saturated rings. The van der Waals surface area contributed by atoms with E-state index in [1.165, 1.54) is 93.0 Å². The van der Waals surface area contributed by atoms with Crippen molar-refractivity contribution in [1.29, 1.82) is 0 Å². The summed E-state index contributed by atoms with van der Waals surface area (Å²) in [7, 11) is 8.41. The van der Waals surface area contributed by atoms with Crippen molar-refractivity contribution in [2.24, 2.45) is 5.92 Å². The van der Waals surface area contributed by atoms with E-state index in [4.69, 9.17) is 9.84 Å². The van der Waals surface area contributed by atoms with E-state index in [1.807, 2.05) is 0 Å². The van der Waals surface area contributed by atoms with Crippen LogP contribution in [-0.2, 0) is 29.5 Å². The number of likely N-dealkylation sites (N-methyl/N-ethyl adjacent to an activating group) is 1. The first kappa shape index (κ1) is 37.4. The Kier molecular flexibility index (Phi) is 12.2. The molecule has 7 heteroatoms. The first-order valence-electron chi connectivity index (χ1n) is 19.2. The number of piperidine rings is 1. The van der Waals surface area contributed by atoms with Gasteiger partial charge >= 0.3 is 0 Å². The van der Waals surface area contributed by atoms with E-state index in [9.17, 15) is 4.79 Å². The number of likely N-dealkylation sites (tertiary alicyclic amines) is 1. The number of aryl methyl sites for hydroxylation is 2. The predicted octanol–water partition coefficient (Wildman–Crippen LogP) is 8.61. The van der Waals surface area contributed by atoms with Crippen LogP contribution in [0.3, 0.4) is 0 Å². The predicted molar refractivity (Wildman–Crippen MR) is 214 cm³/mol. The molecule has 2 aliphatic heterocycles. The summed E-state index contributed by atoms with van der Waals surface area (Å²) in [6.07, 6.45) is 11.7. The molecule has 4 aromatic carbocycles. The maximum Gasteiger partial charge on any atom is 0.221 e. The minimum absolute atomic E-state index is 0.115. The second kappa shape index (κ2) is 17.0. The van der Waals surface area contributed by atoms with Crippen LogP contribution in [-0.4, -0.2) is 74.7 Å². The van der Waals surface area contributed by atoms with Crippen LogP contribution < -0.4 is 15.0 Å². The van der Waals surface area contributed by atoms with Gasteiger partial charge in [-0.05, 0) is 156 Å². The summed E-state index contributed by atoms with van der Waals surface area (Å²) in [4.78, 5) is 17.9. The third-order valence-electron chi connectivity index (χ3n) is 11.7. The molecule has 4 aliphatic rings. The Labute approximate surface area is 311 Å². The van der Waals surface area contributed by atoms with Gasteiger partial charge in [0.15, 0.2) is 0 Å². The van der Waals surface area contributed by atoms with Gasteiger partial charge in [-0.15, -0.1) is 0 Å². The number of para-hydroxylation sites is 2. The summed E-state index contributed by atoms with van der Waals surface area (Å²) in [5, 5.41) is 11.5. The molecule has 8 rings (SSSR count). The number of anilines is 3. The second-order valence-electron chi connectivity index (χ2n) is 15.3. The third kappa shape index (κ3) is 8.48. The molecule has 2 N–H and O–H groups in total. The first-order valence-corrected chi connectivity index (χ1v) is 19.2. The Balaban J connectivity index is 0.000000141. The molecular weight excluding hydrogens is 645 g/mol. The van der Waals surface area contributed by atoms with Gasteiger partial charge in [0.2, 0.25) is 5.91 Å². The van der Waals surface area contributed by atoms with Crippen molar-refractivity contribution in [3.05, 3.63) is 113 Å². The highest BCUT2D eigenvalue weighted by Crippen LogP contribution is 2.56. The number of amides is 1. The molecule has 1 saturated carbocycles. The Morgan fingerprint density at radius 3 is 2.21 bits per heavy atom. The molecule has 2 heterocycles. The molecular formula is C45H58N4O3. The zero-order valence-corrected chi connectivity index (χ0v) is 31.9. The van der Waals surface area contributed by atoms with Crippen LogP contribution in [0.1, 0.15) is 67.7 Å². The van der Waals surface area contributed by atoms with Crippen LogP contribution in [0.5, 0.6) is 11.5 Å². The largest absolute Gasteiger partial charge is 0.508 e. The number of rotatable bonds is 6. The van der Waals surface area contributed by atoms with Crippen molar-refractivity contribution in [2.45, 2.75) is 76.2 Å². The number of aromatic hydroxyl groups is 1. The van der Waals surface area contributed by atoms with Gasteiger partial charge in [0.25, 0.3) is 0 Å². The lowest BCUT2D eigenvalue weighted by Crippen LogP contribution is -2.59. The number of methoxy groups -OCH3 is 1. The molecule has 1 saturated heterocycles. The summed E-state index contributed by atoms with van der Waals surface area (Å²) < 4.78 is 5.51. The molecule has 1 amide bonds. The number of ether oxygens (including phenoxy) is 1.